The van der Waals surface area contributed by atoms with E-state index in [1.165, 1.54) is 0 Å². The Hall–Kier alpha value is -2.69. The first-order chi connectivity index (χ1) is 9.67. The van der Waals surface area contributed by atoms with Crippen LogP contribution in [0.2, 0.25) is 0 Å². The van der Waals surface area contributed by atoms with Gasteiger partial charge in [0, 0.05) is 17.9 Å². The molecular weight excluding hydrogens is 254 g/mol. The molecule has 0 radical (unpaired) electrons. The summed E-state index contributed by atoms with van der Waals surface area (Å²) in [6.45, 7) is 0.429. The van der Waals surface area contributed by atoms with Crippen molar-refractivity contribution in [1.82, 2.24) is 5.32 Å². The third-order valence-electron chi connectivity index (χ3n) is 2.76. The van der Waals surface area contributed by atoms with Crippen LogP contribution in [0.5, 0.6) is 5.75 Å². The lowest BCUT2D eigenvalue weighted by Crippen LogP contribution is -2.28. The summed E-state index contributed by atoms with van der Waals surface area (Å²) in [5, 5.41) is 5.51. The Morgan fingerprint density at radius 3 is 2.65 bits per heavy atom. The van der Waals surface area contributed by atoms with Gasteiger partial charge in [-0.15, -0.1) is 0 Å². The summed E-state index contributed by atoms with van der Waals surface area (Å²) in [4.78, 5) is 11.7. The molecule has 5 nitrogen and oxygen atoms in total. The van der Waals surface area contributed by atoms with Gasteiger partial charge in [-0.2, -0.15) is 0 Å². The van der Waals surface area contributed by atoms with Crippen molar-refractivity contribution in [2.75, 3.05) is 18.2 Å². The molecule has 5 heteroatoms. The van der Waals surface area contributed by atoms with Crippen LogP contribution < -0.4 is 21.1 Å². The van der Waals surface area contributed by atoms with Gasteiger partial charge in [-0.3, -0.25) is 0 Å². The van der Waals surface area contributed by atoms with Crippen molar-refractivity contribution in [3.63, 3.8) is 0 Å². The van der Waals surface area contributed by atoms with Crippen LogP contribution in [0.3, 0.4) is 0 Å². The van der Waals surface area contributed by atoms with Crippen molar-refractivity contribution in [3.05, 3.63) is 54.1 Å². The van der Waals surface area contributed by atoms with E-state index >= 15 is 0 Å². The average molecular weight is 271 g/mol. The maximum absolute atomic E-state index is 11.7. The highest BCUT2D eigenvalue weighted by Gasteiger charge is 2.02. The molecule has 0 bridgehead atoms. The van der Waals surface area contributed by atoms with Crippen LogP contribution in [0.25, 0.3) is 0 Å². The molecule has 2 aromatic rings. The average Bonchev–Trinajstić information content (AvgIpc) is 2.48. The lowest BCUT2D eigenvalue weighted by Gasteiger charge is -2.08. The molecule has 0 unspecified atom stereocenters. The van der Waals surface area contributed by atoms with Crippen LogP contribution in [0.15, 0.2) is 48.5 Å². The monoisotopic (exact) mass is 271 g/mol. The second-order valence-corrected chi connectivity index (χ2v) is 4.28. The molecule has 104 valence electrons. The third-order valence-corrected chi connectivity index (χ3v) is 2.76. The molecule has 0 aliphatic rings. The molecule has 0 aliphatic carbocycles. The molecule has 0 saturated heterocycles. The standard InChI is InChI=1S/C15H17N3O2/c1-20-14-4-2-3-11(9-14)10-17-15(19)18-13-7-5-12(16)6-8-13/h2-9H,10,16H2,1H3,(H2,17,18,19). The molecule has 0 spiro atoms. The van der Waals surface area contributed by atoms with E-state index in [1.807, 2.05) is 24.3 Å². The van der Waals surface area contributed by atoms with E-state index in [1.54, 1.807) is 31.4 Å². The van der Waals surface area contributed by atoms with Gasteiger partial charge in [0.1, 0.15) is 5.75 Å². The molecule has 0 aliphatic heterocycles. The van der Waals surface area contributed by atoms with Gasteiger partial charge in [0.2, 0.25) is 0 Å². The Kier molecular flexibility index (Phi) is 4.44. The van der Waals surface area contributed by atoms with E-state index in [-0.39, 0.29) is 6.03 Å². The molecule has 20 heavy (non-hydrogen) atoms. The predicted molar refractivity (Wildman–Crippen MR) is 79.7 cm³/mol. The van der Waals surface area contributed by atoms with Crippen molar-refractivity contribution in [1.29, 1.82) is 0 Å². The number of ether oxygens (including phenoxy) is 1. The quantitative estimate of drug-likeness (QED) is 0.748. The topological polar surface area (TPSA) is 76.4 Å². The SMILES string of the molecule is COc1cccc(CNC(=O)Nc2ccc(N)cc2)c1. The minimum Gasteiger partial charge on any atom is -0.497 e. The summed E-state index contributed by atoms with van der Waals surface area (Å²) in [6.07, 6.45) is 0. The van der Waals surface area contributed by atoms with Gasteiger partial charge in [0.25, 0.3) is 0 Å². The summed E-state index contributed by atoms with van der Waals surface area (Å²) in [6, 6.07) is 14.2. The highest BCUT2D eigenvalue weighted by molar-refractivity contribution is 5.89. The zero-order chi connectivity index (χ0) is 14.4. The van der Waals surface area contributed by atoms with Gasteiger partial charge < -0.3 is 21.1 Å². The smallest absolute Gasteiger partial charge is 0.319 e. The molecule has 0 saturated carbocycles. The van der Waals surface area contributed by atoms with Crippen molar-refractivity contribution in [2.24, 2.45) is 0 Å². The lowest BCUT2D eigenvalue weighted by atomic mass is 10.2. The minimum absolute atomic E-state index is 0.266. The number of carbonyl (C=O) groups excluding carboxylic acids is 1. The fraction of sp³-hybridized carbons (Fsp3) is 0.133. The van der Waals surface area contributed by atoms with Gasteiger partial charge in [-0.25, -0.2) is 4.79 Å². The predicted octanol–water partition coefficient (Wildman–Crippen LogP) is 2.60. The normalized spacial score (nSPS) is 9.85. The largest absolute Gasteiger partial charge is 0.497 e. The van der Waals surface area contributed by atoms with Gasteiger partial charge in [-0.05, 0) is 42.0 Å². The van der Waals surface area contributed by atoms with Gasteiger partial charge in [0.15, 0.2) is 0 Å². The summed E-state index contributed by atoms with van der Waals surface area (Å²) in [7, 11) is 1.61. The van der Waals surface area contributed by atoms with Crippen LogP contribution in [0.1, 0.15) is 5.56 Å². The Labute approximate surface area is 117 Å². The molecule has 4 N–H and O–H groups in total. The number of nitrogen functional groups attached to an aromatic ring is 1. The number of hydrogen-bond acceptors (Lipinski definition) is 3. The van der Waals surface area contributed by atoms with Gasteiger partial charge in [-0.1, -0.05) is 12.1 Å². The number of methoxy groups -OCH3 is 1. The molecule has 2 amide bonds. The number of carbonyl (C=O) groups is 1. The molecule has 0 fully saturated rings. The highest BCUT2D eigenvalue weighted by Crippen LogP contribution is 2.13. The number of anilines is 2. The zero-order valence-corrected chi connectivity index (χ0v) is 11.2. The van der Waals surface area contributed by atoms with Crippen LogP contribution in [-0.2, 0) is 6.54 Å². The molecule has 0 atom stereocenters. The minimum atomic E-state index is -0.266. The number of amides is 2. The van der Waals surface area contributed by atoms with E-state index in [0.717, 1.165) is 11.3 Å². The summed E-state index contributed by atoms with van der Waals surface area (Å²) >= 11 is 0. The maximum atomic E-state index is 11.7. The Balaban J connectivity index is 1.87. The first-order valence-electron chi connectivity index (χ1n) is 6.21. The van der Waals surface area contributed by atoms with Crippen molar-refractivity contribution >= 4 is 17.4 Å². The van der Waals surface area contributed by atoms with Crippen LogP contribution in [0.4, 0.5) is 16.2 Å². The number of hydrogen-bond donors (Lipinski definition) is 3. The van der Waals surface area contributed by atoms with Gasteiger partial charge >= 0.3 is 6.03 Å². The fourth-order valence-electron chi connectivity index (χ4n) is 1.71. The van der Waals surface area contributed by atoms with Crippen molar-refractivity contribution in [2.45, 2.75) is 6.54 Å². The van der Waals surface area contributed by atoms with Crippen molar-refractivity contribution in [3.8, 4) is 5.75 Å². The number of urea groups is 1. The number of nitrogens with one attached hydrogen (secondary N) is 2. The third kappa shape index (κ3) is 3.91. The van der Waals surface area contributed by atoms with Crippen LogP contribution in [-0.4, -0.2) is 13.1 Å². The number of rotatable bonds is 4. The number of nitrogens with two attached hydrogens (primary N) is 1. The second kappa shape index (κ2) is 6.47. The highest BCUT2D eigenvalue weighted by atomic mass is 16.5. The Morgan fingerprint density at radius 1 is 1.20 bits per heavy atom. The first-order valence-corrected chi connectivity index (χ1v) is 6.21. The summed E-state index contributed by atoms with van der Waals surface area (Å²) < 4.78 is 5.13. The maximum Gasteiger partial charge on any atom is 0.319 e. The zero-order valence-electron chi connectivity index (χ0n) is 11.2. The van der Waals surface area contributed by atoms with E-state index in [0.29, 0.717) is 17.9 Å². The van der Waals surface area contributed by atoms with E-state index in [9.17, 15) is 4.79 Å². The first kappa shape index (κ1) is 13.7. The van der Waals surface area contributed by atoms with Crippen molar-refractivity contribution < 1.29 is 9.53 Å². The molecule has 2 rings (SSSR count). The molecular formula is C15H17N3O2. The van der Waals surface area contributed by atoms with E-state index in [4.69, 9.17) is 10.5 Å². The lowest BCUT2D eigenvalue weighted by molar-refractivity contribution is 0.251. The molecule has 0 aromatic heterocycles. The van der Waals surface area contributed by atoms with E-state index < -0.39 is 0 Å². The second-order valence-electron chi connectivity index (χ2n) is 4.28. The Bertz CT molecular complexity index is 582. The number of benzene rings is 2. The summed E-state index contributed by atoms with van der Waals surface area (Å²) in [5.41, 5.74) is 7.90. The van der Waals surface area contributed by atoms with Crippen LogP contribution >= 0.6 is 0 Å². The molecule has 0 heterocycles. The summed E-state index contributed by atoms with van der Waals surface area (Å²) in [5.74, 6) is 0.767. The fourth-order valence-corrected chi connectivity index (χ4v) is 1.71. The molecule has 2 aromatic carbocycles. The van der Waals surface area contributed by atoms with E-state index in [2.05, 4.69) is 10.6 Å². The Morgan fingerprint density at radius 2 is 1.95 bits per heavy atom. The van der Waals surface area contributed by atoms with Crippen LogP contribution in [0, 0.1) is 0 Å². The van der Waals surface area contributed by atoms with Gasteiger partial charge in [0.05, 0.1) is 7.11 Å².